The first-order valence-electron chi connectivity index (χ1n) is 4.53. The minimum Gasteiger partial charge on any atom is -0.101 e. The summed E-state index contributed by atoms with van der Waals surface area (Å²) in [6.45, 7) is 2.21. The van der Waals surface area contributed by atoms with Crippen LogP contribution in [-0.2, 0) is 0 Å². The largest absolute Gasteiger partial charge is 0.127 e. The molecule has 0 saturated heterocycles. The zero-order chi connectivity index (χ0) is 8.11. The van der Waals surface area contributed by atoms with Gasteiger partial charge in [-0.2, -0.15) is 0 Å². The molecule has 2 heteroatoms. The van der Waals surface area contributed by atoms with Crippen molar-refractivity contribution in [2.75, 3.05) is 0 Å². The number of halogens is 2. The first-order valence-corrected chi connectivity index (χ1v) is 5.28. The number of alkyl halides is 2. The van der Waals surface area contributed by atoms with Gasteiger partial charge in [-0.1, -0.05) is 19.8 Å². The number of fused-ring (bicyclic) bond motifs is 1. The lowest BCUT2D eigenvalue weighted by Crippen LogP contribution is -2.10. The zero-order valence-electron chi connectivity index (χ0n) is 6.87. The molecule has 0 aromatic rings. The van der Waals surface area contributed by atoms with Gasteiger partial charge in [-0.25, -0.2) is 0 Å². The lowest BCUT2D eigenvalue weighted by atomic mass is 9.86. The Morgan fingerprint density at radius 2 is 2.09 bits per heavy atom. The molecule has 2 atom stereocenters. The lowest BCUT2D eigenvalue weighted by Gasteiger charge is -2.19. The molecule has 0 aromatic carbocycles. The van der Waals surface area contributed by atoms with Crippen LogP contribution in [0.4, 0.5) is 0 Å². The van der Waals surface area contributed by atoms with Crippen LogP contribution in [0.5, 0.6) is 0 Å². The monoisotopic (exact) mass is 192 g/mol. The first kappa shape index (κ1) is 8.19. The van der Waals surface area contributed by atoms with Crippen molar-refractivity contribution in [1.82, 2.24) is 0 Å². The maximum atomic E-state index is 6.24. The van der Waals surface area contributed by atoms with Crippen LogP contribution >= 0.6 is 23.2 Å². The third-order valence-corrected chi connectivity index (χ3v) is 4.96. The summed E-state index contributed by atoms with van der Waals surface area (Å²) < 4.78 is -0.363. The molecule has 0 radical (unpaired) electrons. The predicted octanol–water partition coefficient (Wildman–Crippen LogP) is 3.76. The van der Waals surface area contributed by atoms with E-state index in [1.165, 1.54) is 25.7 Å². The first-order chi connectivity index (χ1) is 5.15. The highest BCUT2D eigenvalue weighted by Gasteiger charge is 2.74. The van der Waals surface area contributed by atoms with Gasteiger partial charge >= 0.3 is 0 Å². The van der Waals surface area contributed by atoms with Crippen LogP contribution in [0.15, 0.2) is 0 Å². The summed E-state index contributed by atoms with van der Waals surface area (Å²) >= 11 is 12.5. The van der Waals surface area contributed by atoms with Crippen LogP contribution in [0, 0.1) is 11.3 Å². The van der Waals surface area contributed by atoms with Crippen LogP contribution in [0.3, 0.4) is 0 Å². The number of rotatable bonds is 1. The Morgan fingerprint density at radius 1 is 1.36 bits per heavy atom. The van der Waals surface area contributed by atoms with E-state index in [0.29, 0.717) is 11.3 Å². The molecular formula is C9H14Cl2. The highest BCUT2D eigenvalue weighted by molar-refractivity contribution is 6.51. The fourth-order valence-electron chi connectivity index (χ4n) is 2.84. The third-order valence-electron chi connectivity index (χ3n) is 3.68. The molecule has 0 N–H and O–H groups in total. The Balaban J connectivity index is 2.20. The van der Waals surface area contributed by atoms with E-state index < -0.39 is 0 Å². The van der Waals surface area contributed by atoms with Gasteiger partial charge < -0.3 is 0 Å². The average molecular weight is 193 g/mol. The van der Waals surface area contributed by atoms with Gasteiger partial charge in [0, 0.05) is 11.3 Å². The van der Waals surface area contributed by atoms with Gasteiger partial charge in [0.25, 0.3) is 0 Å². The minimum atomic E-state index is -0.363. The smallest absolute Gasteiger partial charge is 0.101 e. The summed E-state index contributed by atoms with van der Waals surface area (Å²) in [5.74, 6) is 0.608. The predicted molar refractivity (Wildman–Crippen MR) is 49.1 cm³/mol. The molecule has 2 saturated carbocycles. The zero-order valence-corrected chi connectivity index (χ0v) is 8.38. The molecular weight excluding hydrogens is 179 g/mol. The van der Waals surface area contributed by atoms with E-state index in [2.05, 4.69) is 6.92 Å². The van der Waals surface area contributed by atoms with E-state index in [4.69, 9.17) is 23.2 Å². The van der Waals surface area contributed by atoms with Crippen LogP contribution in [-0.4, -0.2) is 4.33 Å². The normalized spacial score (nSPS) is 46.6. The molecule has 64 valence electrons. The Kier molecular flexibility index (Phi) is 1.71. The van der Waals surface area contributed by atoms with Gasteiger partial charge in [-0.3, -0.25) is 0 Å². The highest BCUT2D eigenvalue weighted by atomic mass is 35.5. The Bertz CT molecular complexity index is 176. The molecule has 0 spiro atoms. The van der Waals surface area contributed by atoms with Crippen molar-refractivity contribution in [3.63, 3.8) is 0 Å². The van der Waals surface area contributed by atoms with E-state index in [0.717, 1.165) is 6.42 Å². The minimum absolute atomic E-state index is 0.314. The summed E-state index contributed by atoms with van der Waals surface area (Å²) in [6.07, 6.45) is 6.31. The van der Waals surface area contributed by atoms with E-state index >= 15 is 0 Å². The molecule has 0 aromatic heterocycles. The van der Waals surface area contributed by atoms with E-state index in [9.17, 15) is 0 Å². The van der Waals surface area contributed by atoms with E-state index in [1.54, 1.807) is 0 Å². The fourth-order valence-corrected chi connectivity index (χ4v) is 4.08. The Morgan fingerprint density at radius 3 is 2.55 bits per heavy atom. The topological polar surface area (TPSA) is 0 Å². The van der Waals surface area contributed by atoms with Gasteiger partial charge in [0.2, 0.25) is 0 Å². The number of hydrogen-bond acceptors (Lipinski definition) is 0. The van der Waals surface area contributed by atoms with Gasteiger partial charge in [-0.05, 0) is 19.3 Å². The lowest BCUT2D eigenvalue weighted by molar-refractivity contribution is 0.326. The van der Waals surface area contributed by atoms with Crippen LogP contribution in [0.1, 0.15) is 39.0 Å². The molecule has 2 aliphatic rings. The molecule has 0 bridgehead atoms. The molecule has 0 unspecified atom stereocenters. The summed E-state index contributed by atoms with van der Waals surface area (Å²) in [7, 11) is 0. The number of hydrogen-bond donors (Lipinski definition) is 0. The van der Waals surface area contributed by atoms with Crippen molar-refractivity contribution >= 4 is 23.2 Å². The Hall–Kier alpha value is 0.580. The molecule has 2 aliphatic carbocycles. The van der Waals surface area contributed by atoms with Crippen LogP contribution in [0.2, 0.25) is 0 Å². The molecule has 0 heterocycles. The van der Waals surface area contributed by atoms with Gasteiger partial charge in [0.15, 0.2) is 0 Å². The van der Waals surface area contributed by atoms with Gasteiger partial charge in [0.1, 0.15) is 4.33 Å². The van der Waals surface area contributed by atoms with Crippen molar-refractivity contribution in [3.05, 3.63) is 0 Å². The standard InChI is InChI=1S/C9H14Cl2/c1-2-8-6-4-3-5-7(8)9(8,10)11/h7H,2-6H2,1H3/t7-,8+/m1/s1. The van der Waals surface area contributed by atoms with Crippen molar-refractivity contribution in [2.45, 2.75) is 43.4 Å². The molecule has 0 amide bonds. The SMILES string of the molecule is CC[C@]12CCCC[C@H]1C2(Cl)Cl. The highest BCUT2D eigenvalue weighted by Crippen LogP contribution is 2.76. The van der Waals surface area contributed by atoms with Crippen molar-refractivity contribution in [2.24, 2.45) is 11.3 Å². The molecule has 11 heavy (non-hydrogen) atoms. The van der Waals surface area contributed by atoms with Gasteiger partial charge in [0.05, 0.1) is 0 Å². The summed E-state index contributed by atoms with van der Waals surface area (Å²) in [5, 5.41) is 0. The molecule has 2 fully saturated rings. The fraction of sp³-hybridized carbons (Fsp3) is 1.00. The summed E-state index contributed by atoms with van der Waals surface area (Å²) in [4.78, 5) is 0. The van der Waals surface area contributed by atoms with Crippen LogP contribution < -0.4 is 0 Å². The summed E-state index contributed by atoms with van der Waals surface area (Å²) in [5.41, 5.74) is 0.314. The second-order valence-electron chi connectivity index (χ2n) is 3.93. The second kappa shape index (κ2) is 2.29. The van der Waals surface area contributed by atoms with Crippen LogP contribution in [0.25, 0.3) is 0 Å². The van der Waals surface area contributed by atoms with Crippen molar-refractivity contribution in [1.29, 1.82) is 0 Å². The maximum absolute atomic E-state index is 6.24. The molecule has 0 aliphatic heterocycles. The quantitative estimate of drug-likeness (QED) is 0.556. The maximum Gasteiger partial charge on any atom is 0.127 e. The molecule has 2 rings (SSSR count). The molecule has 0 nitrogen and oxygen atoms in total. The Labute approximate surface area is 78.3 Å². The van der Waals surface area contributed by atoms with E-state index in [1.807, 2.05) is 0 Å². The third kappa shape index (κ3) is 0.833. The average Bonchev–Trinajstić information content (AvgIpc) is 2.52. The van der Waals surface area contributed by atoms with E-state index in [-0.39, 0.29) is 4.33 Å². The van der Waals surface area contributed by atoms with Crippen molar-refractivity contribution < 1.29 is 0 Å². The second-order valence-corrected chi connectivity index (χ2v) is 5.32. The van der Waals surface area contributed by atoms with Gasteiger partial charge in [-0.15, -0.1) is 23.2 Å². The summed E-state index contributed by atoms with van der Waals surface area (Å²) in [6, 6.07) is 0. The van der Waals surface area contributed by atoms with Crippen molar-refractivity contribution in [3.8, 4) is 0 Å².